The molecule has 0 saturated carbocycles. The molecule has 0 bridgehead atoms. The van der Waals surface area contributed by atoms with Crippen molar-refractivity contribution in [3.8, 4) is 0 Å². The van der Waals surface area contributed by atoms with Crippen molar-refractivity contribution in [2.24, 2.45) is 0 Å². The molecule has 1 aromatic carbocycles. The van der Waals surface area contributed by atoms with E-state index in [1.54, 1.807) is 34.5 Å². The smallest absolute Gasteiger partial charge is 0.267 e. The van der Waals surface area contributed by atoms with Crippen molar-refractivity contribution in [3.05, 3.63) is 52.0 Å². The molecule has 2 heterocycles. The van der Waals surface area contributed by atoms with Gasteiger partial charge in [0.1, 0.15) is 0 Å². The van der Waals surface area contributed by atoms with Gasteiger partial charge in [-0.25, -0.2) is 10.5 Å². The average Bonchev–Trinajstić information content (AvgIpc) is 3.29. The van der Waals surface area contributed by atoms with Crippen LogP contribution in [0.15, 0.2) is 35.7 Å². The third kappa shape index (κ3) is 5.67. The van der Waals surface area contributed by atoms with Crippen LogP contribution in [0.2, 0.25) is 5.02 Å². The summed E-state index contributed by atoms with van der Waals surface area (Å²) < 4.78 is 0. The van der Waals surface area contributed by atoms with Crippen LogP contribution in [0.5, 0.6) is 0 Å². The van der Waals surface area contributed by atoms with Crippen molar-refractivity contribution in [2.75, 3.05) is 18.4 Å². The summed E-state index contributed by atoms with van der Waals surface area (Å²) in [5.41, 5.74) is 2.76. The van der Waals surface area contributed by atoms with Gasteiger partial charge >= 0.3 is 0 Å². The van der Waals surface area contributed by atoms with Crippen molar-refractivity contribution in [3.63, 3.8) is 0 Å². The highest BCUT2D eigenvalue weighted by Gasteiger charge is 2.27. The number of carbonyl (C=O) groups is 2. The number of rotatable bonds is 5. The van der Waals surface area contributed by atoms with Crippen molar-refractivity contribution < 1.29 is 14.8 Å². The molecule has 1 unspecified atom stereocenters. The molecule has 1 aromatic heterocycles. The van der Waals surface area contributed by atoms with Crippen molar-refractivity contribution in [1.29, 1.82) is 0 Å². The summed E-state index contributed by atoms with van der Waals surface area (Å²) in [5.74, 6) is -0.622. The van der Waals surface area contributed by atoms with E-state index in [0.29, 0.717) is 29.4 Å². The minimum atomic E-state index is -0.611. The van der Waals surface area contributed by atoms with E-state index < -0.39 is 5.91 Å². The van der Waals surface area contributed by atoms with Gasteiger partial charge in [0.15, 0.2) is 5.13 Å². The predicted molar refractivity (Wildman–Crippen MR) is 108 cm³/mol. The molecule has 3 rings (SSSR count). The molecule has 7 nitrogen and oxygen atoms in total. The van der Waals surface area contributed by atoms with Crippen LogP contribution in [-0.2, 0) is 4.79 Å². The molecule has 1 saturated heterocycles. The number of amides is 2. The maximum Gasteiger partial charge on any atom is 0.267 e. The van der Waals surface area contributed by atoms with Crippen molar-refractivity contribution in [2.45, 2.75) is 12.5 Å². The first kappa shape index (κ1) is 21.2. The molecule has 10 heteroatoms. The zero-order chi connectivity index (χ0) is 18.5. The molecule has 27 heavy (non-hydrogen) atoms. The molecular formula is C17H18Cl2N4O3S. The first-order valence-electron chi connectivity index (χ1n) is 7.94. The van der Waals surface area contributed by atoms with Gasteiger partial charge in [0.2, 0.25) is 0 Å². The fraction of sp³-hybridized carbons (Fsp3) is 0.235. The largest absolute Gasteiger partial charge is 0.357 e. The number of aromatic nitrogens is 1. The molecule has 0 radical (unpaired) electrons. The van der Waals surface area contributed by atoms with Crippen LogP contribution in [0.1, 0.15) is 22.5 Å². The Balaban J connectivity index is 0.00000261. The molecule has 1 atom stereocenters. The molecule has 1 aliphatic rings. The Labute approximate surface area is 171 Å². The predicted octanol–water partition coefficient (Wildman–Crippen LogP) is 3.06. The normalized spacial score (nSPS) is 16.2. The van der Waals surface area contributed by atoms with Gasteiger partial charge in [-0.3, -0.25) is 14.8 Å². The lowest BCUT2D eigenvalue weighted by Crippen LogP contribution is -2.31. The lowest BCUT2D eigenvalue weighted by atomic mass is 10.2. The Hall–Kier alpha value is -2.13. The quantitative estimate of drug-likeness (QED) is 0.386. The van der Waals surface area contributed by atoms with Gasteiger partial charge in [-0.15, -0.1) is 23.7 Å². The molecule has 0 aliphatic carbocycles. The molecule has 1 fully saturated rings. The summed E-state index contributed by atoms with van der Waals surface area (Å²) in [4.78, 5) is 29.7. The van der Waals surface area contributed by atoms with E-state index in [2.05, 4.69) is 10.3 Å². The second-order valence-electron chi connectivity index (χ2n) is 5.77. The molecule has 144 valence electrons. The van der Waals surface area contributed by atoms with Crippen LogP contribution in [0.4, 0.5) is 5.13 Å². The Bertz CT molecular complexity index is 826. The van der Waals surface area contributed by atoms with Gasteiger partial charge in [-0.1, -0.05) is 11.6 Å². The van der Waals surface area contributed by atoms with E-state index >= 15 is 0 Å². The first-order chi connectivity index (χ1) is 12.5. The van der Waals surface area contributed by atoms with E-state index in [9.17, 15) is 9.59 Å². The maximum absolute atomic E-state index is 12.5. The van der Waals surface area contributed by atoms with Crippen LogP contribution < -0.4 is 10.8 Å². The molecule has 0 spiro atoms. The number of thiazole rings is 1. The number of halogens is 2. The third-order valence-corrected chi connectivity index (χ3v) is 4.98. The van der Waals surface area contributed by atoms with Gasteiger partial charge in [0.05, 0.1) is 5.69 Å². The van der Waals surface area contributed by atoms with Crippen molar-refractivity contribution in [1.82, 2.24) is 15.4 Å². The number of hydrogen-bond acceptors (Lipinski definition) is 6. The highest BCUT2D eigenvalue weighted by Crippen LogP contribution is 2.22. The zero-order valence-electron chi connectivity index (χ0n) is 14.1. The van der Waals surface area contributed by atoms with Gasteiger partial charge in [0, 0.05) is 41.2 Å². The summed E-state index contributed by atoms with van der Waals surface area (Å²) in [5, 5.41) is 14.9. The number of carbonyl (C=O) groups excluding carboxylic acids is 2. The Morgan fingerprint density at radius 1 is 1.33 bits per heavy atom. The van der Waals surface area contributed by atoms with Crippen LogP contribution in [0.25, 0.3) is 6.08 Å². The lowest BCUT2D eigenvalue weighted by molar-refractivity contribution is -0.124. The van der Waals surface area contributed by atoms with Gasteiger partial charge < -0.3 is 10.2 Å². The van der Waals surface area contributed by atoms with E-state index in [4.69, 9.17) is 16.8 Å². The van der Waals surface area contributed by atoms with Crippen LogP contribution in [0.3, 0.4) is 0 Å². The summed E-state index contributed by atoms with van der Waals surface area (Å²) in [6, 6.07) is 7.00. The van der Waals surface area contributed by atoms with E-state index in [0.717, 1.165) is 11.6 Å². The maximum atomic E-state index is 12.5. The number of hydroxylamine groups is 1. The fourth-order valence-corrected chi connectivity index (χ4v) is 3.52. The molecule has 2 aromatic rings. The van der Waals surface area contributed by atoms with Crippen LogP contribution >= 0.6 is 35.3 Å². The highest BCUT2D eigenvalue weighted by molar-refractivity contribution is 7.13. The SMILES string of the molecule is Cl.O=C(/C=C/c1csc(NC2CCN(C(=O)c3ccc(Cl)cc3)C2)n1)NO. The van der Waals surface area contributed by atoms with Gasteiger partial charge in [-0.2, -0.15) is 0 Å². The monoisotopic (exact) mass is 428 g/mol. The average molecular weight is 429 g/mol. The van der Waals surface area contributed by atoms with E-state index in [-0.39, 0.29) is 24.4 Å². The molecule has 1 aliphatic heterocycles. The Kier molecular flexibility index (Phi) is 7.61. The second-order valence-corrected chi connectivity index (χ2v) is 7.07. The van der Waals surface area contributed by atoms with Gasteiger partial charge in [-0.05, 0) is 36.8 Å². The summed E-state index contributed by atoms with van der Waals surface area (Å²) >= 11 is 7.28. The third-order valence-electron chi connectivity index (χ3n) is 3.93. The lowest BCUT2D eigenvalue weighted by Gasteiger charge is -2.17. The minimum Gasteiger partial charge on any atom is -0.357 e. The molecule has 3 N–H and O–H groups in total. The Morgan fingerprint density at radius 3 is 2.78 bits per heavy atom. The van der Waals surface area contributed by atoms with E-state index in [1.807, 2.05) is 0 Å². The molecule has 2 amide bonds. The summed E-state index contributed by atoms with van der Waals surface area (Å²) in [7, 11) is 0. The number of anilines is 1. The first-order valence-corrected chi connectivity index (χ1v) is 9.20. The van der Waals surface area contributed by atoms with Gasteiger partial charge in [0.25, 0.3) is 11.8 Å². The summed E-state index contributed by atoms with van der Waals surface area (Å²) in [6.45, 7) is 1.27. The number of likely N-dealkylation sites (tertiary alicyclic amines) is 1. The number of nitrogens with zero attached hydrogens (tertiary/aromatic N) is 2. The molecular weight excluding hydrogens is 411 g/mol. The number of hydrogen-bond donors (Lipinski definition) is 3. The fourth-order valence-electron chi connectivity index (χ4n) is 2.64. The zero-order valence-corrected chi connectivity index (χ0v) is 16.5. The van der Waals surface area contributed by atoms with Crippen LogP contribution in [-0.4, -0.2) is 46.0 Å². The van der Waals surface area contributed by atoms with Crippen molar-refractivity contribution >= 4 is 58.4 Å². The minimum absolute atomic E-state index is 0. The number of nitrogens with one attached hydrogen (secondary N) is 2. The number of benzene rings is 1. The van der Waals surface area contributed by atoms with E-state index in [1.165, 1.54) is 29.0 Å². The Morgan fingerprint density at radius 2 is 2.07 bits per heavy atom. The highest BCUT2D eigenvalue weighted by atomic mass is 35.5. The second kappa shape index (κ2) is 9.70. The summed E-state index contributed by atoms with van der Waals surface area (Å²) in [6.07, 6.45) is 3.54. The standard InChI is InChI=1S/C17H17ClN4O3S.ClH/c18-12-3-1-11(2-4-12)16(24)22-8-7-13(9-22)19-17-20-14(10-26-17)5-6-15(23)21-25;/h1-6,10,13,25H,7-9H2,(H,19,20)(H,21,23);1H/b6-5+;. The topological polar surface area (TPSA) is 94.6 Å². The van der Waals surface area contributed by atoms with Crippen LogP contribution in [0, 0.1) is 0 Å².